The minimum atomic E-state index is -1.01. The third-order valence-corrected chi connectivity index (χ3v) is 5.34. The fourth-order valence-electron chi connectivity index (χ4n) is 2.60. The van der Waals surface area contributed by atoms with Crippen LogP contribution in [0.2, 0.25) is 5.02 Å². The summed E-state index contributed by atoms with van der Waals surface area (Å²) in [7, 11) is 0. The Morgan fingerprint density at radius 3 is 2.60 bits per heavy atom. The van der Waals surface area contributed by atoms with Crippen LogP contribution in [0.4, 0.5) is 4.39 Å². The van der Waals surface area contributed by atoms with Gasteiger partial charge in [-0.2, -0.15) is 0 Å². The summed E-state index contributed by atoms with van der Waals surface area (Å²) in [5, 5.41) is 18.7. The number of benzene rings is 2. The molecule has 0 aromatic heterocycles. The summed E-state index contributed by atoms with van der Waals surface area (Å²) in [6.45, 7) is 5.81. The Morgan fingerprint density at radius 1 is 1.32 bits per heavy atom. The monoisotopic (exact) mass is 382 g/mol. The number of rotatable bonds is 6. The first-order valence-electron chi connectivity index (χ1n) is 7.84. The molecular weight excluding hydrogens is 363 g/mol. The largest absolute Gasteiger partial charge is 0.508 e. The minimum Gasteiger partial charge on any atom is -0.508 e. The van der Waals surface area contributed by atoms with Gasteiger partial charge in [-0.05, 0) is 53.6 Å². The number of aliphatic carboxylic acids is 1. The van der Waals surface area contributed by atoms with Gasteiger partial charge in [0.1, 0.15) is 5.75 Å². The lowest BCUT2D eigenvalue weighted by Gasteiger charge is -2.15. The number of hydrogen-bond donors (Lipinski definition) is 2. The lowest BCUT2D eigenvalue weighted by Crippen LogP contribution is -2.02. The topological polar surface area (TPSA) is 57.5 Å². The predicted molar refractivity (Wildman–Crippen MR) is 99.5 cm³/mol. The Morgan fingerprint density at radius 2 is 2.00 bits per heavy atom. The van der Waals surface area contributed by atoms with Crippen LogP contribution in [0.5, 0.6) is 5.75 Å². The molecule has 6 heteroatoms. The van der Waals surface area contributed by atoms with Crippen LogP contribution in [0.25, 0.3) is 0 Å². The molecule has 2 N–H and O–H groups in total. The van der Waals surface area contributed by atoms with Crippen molar-refractivity contribution in [3.8, 4) is 5.75 Å². The second-order valence-electron chi connectivity index (χ2n) is 6.21. The van der Waals surface area contributed by atoms with Crippen LogP contribution >= 0.6 is 23.4 Å². The van der Waals surface area contributed by atoms with E-state index in [1.165, 1.54) is 0 Å². The fourth-order valence-corrected chi connectivity index (χ4v) is 3.74. The highest BCUT2D eigenvalue weighted by atomic mass is 35.5. The molecule has 0 radical (unpaired) electrons. The van der Waals surface area contributed by atoms with Gasteiger partial charge in [0.15, 0.2) is 5.82 Å². The fraction of sp³-hybridized carbons (Fsp3) is 0.316. The summed E-state index contributed by atoms with van der Waals surface area (Å²) >= 11 is 7.13. The van der Waals surface area contributed by atoms with E-state index in [0.717, 1.165) is 28.5 Å². The lowest BCUT2D eigenvalue weighted by atomic mass is 9.95. The van der Waals surface area contributed by atoms with E-state index in [2.05, 4.69) is 0 Å². The molecule has 0 amide bonds. The Hall–Kier alpha value is -1.72. The minimum absolute atomic E-state index is 0.0204. The van der Waals surface area contributed by atoms with Gasteiger partial charge in [-0.25, -0.2) is 4.39 Å². The molecule has 2 aromatic rings. The molecule has 0 saturated carbocycles. The number of carboxylic acids is 1. The number of phenolic OH excluding ortho intramolecular Hbond substituents is 1. The van der Waals surface area contributed by atoms with Crippen molar-refractivity contribution in [3.05, 3.63) is 57.4 Å². The first-order valence-corrected chi connectivity index (χ1v) is 9.21. The third-order valence-electron chi connectivity index (χ3n) is 3.94. The average molecular weight is 383 g/mol. The quantitative estimate of drug-likeness (QED) is 0.658. The second-order valence-corrected chi connectivity index (χ2v) is 7.60. The van der Waals surface area contributed by atoms with E-state index >= 15 is 0 Å². The molecule has 0 aliphatic rings. The van der Waals surface area contributed by atoms with E-state index in [4.69, 9.17) is 16.7 Å². The van der Waals surface area contributed by atoms with Crippen LogP contribution in [0.3, 0.4) is 0 Å². The molecule has 3 nitrogen and oxygen atoms in total. The standard InChI is InChI=1S/C19H20ClFO3S/c1-10(2)13-7-12(4-5-15(13)22)8-14-11(3)6-16(19(21)18(14)20)25-9-17(23)24/h4-7,10,22H,8-9H2,1-3H3,(H,23,24). The third kappa shape index (κ3) is 4.67. The van der Waals surface area contributed by atoms with Gasteiger partial charge in [-0.3, -0.25) is 4.79 Å². The van der Waals surface area contributed by atoms with Crippen LogP contribution in [-0.2, 0) is 11.2 Å². The van der Waals surface area contributed by atoms with Crippen LogP contribution in [-0.4, -0.2) is 21.9 Å². The zero-order valence-electron chi connectivity index (χ0n) is 14.3. The zero-order chi connectivity index (χ0) is 18.7. The second kappa shape index (κ2) is 8.11. The van der Waals surface area contributed by atoms with Crippen molar-refractivity contribution in [3.63, 3.8) is 0 Å². The maximum Gasteiger partial charge on any atom is 0.313 e. The van der Waals surface area contributed by atoms with Crippen molar-refractivity contribution >= 4 is 29.3 Å². The van der Waals surface area contributed by atoms with Gasteiger partial charge in [-0.15, -0.1) is 11.8 Å². The van der Waals surface area contributed by atoms with Gasteiger partial charge in [0, 0.05) is 4.90 Å². The smallest absolute Gasteiger partial charge is 0.313 e. The van der Waals surface area contributed by atoms with E-state index in [0.29, 0.717) is 12.0 Å². The van der Waals surface area contributed by atoms with Crippen LogP contribution in [0, 0.1) is 12.7 Å². The SMILES string of the molecule is Cc1cc(SCC(=O)O)c(F)c(Cl)c1Cc1ccc(O)c(C(C)C)c1. The highest BCUT2D eigenvalue weighted by Gasteiger charge is 2.17. The zero-order valence-corrected chi connectivity index (χ0v) is 15.8. The molecule has 0 unspecified atom stereocenters. The maximum absolute atomic E-state index is 14.5. The summed E-state index contributed by atoms with van der Waals surface area (Å²) in [4.78, 5) is 10.9. The van der Waals surface area contributed by atoms with E-state index in [9.17, 15) is 14.3 Å². The number of aryl methyl sites for hydroxylation is 1. The first-order chi connectivity index (χ1) is 11.7. The molecule has 2 rings (SSSR count). The molecule has 0 aliphatic heterocycles. The van der Waals surface area contributed by atoms with Crippen molar-refractivity contribution in [1.29, 1.82) is 0 Å². The molecule has 0 aliphatic carbocycles. The van der Waals surface area contributed by atoms with Gasteiger partial charge in [0.25, 0.3) is 0 Å². The summed E-state index contributed by atoms with van der Waals surface area (Å²) < 4.78 is 14.5. The summed E-state index contributed by atoms with van der Waals surface area (Å²) in [6.07, 6.45) is 0.436. The Bertz CT molecular complexity index is 806. The Kier molecular flexibility index (Phi) is 6.36. The summed E-state index contributed by atoms with van der Waals surface area (Å²) in [6, 6.07) is 6.97. The van der Waals surface area contributed by atoms with Crippen molar-refractivity contribution in [1.82, 2.24) is 0 Å². The summed E-state index contributed by atoms with van der Waals surface area (Å²) in [5.41, 5.74) is 3.23. The van der Waals surface area contributed by atoms with Gasteiger partial charge < -0.3 is 10.2 Å². The van der Waals surface area contributed by atoms with E-state index in [1.54, 1.807) is 18.2 Å². The molecular formula is C19H20ClFO3S. The van der Waals surface area contributed by atoms with Crippen molar-refractivity contribution in [2.45, 2.75) is 38.0 Å². The molecule has 0 bridgehead atoms. The van der Waals surface area contributed by atoms with Crippen molar-refractivity contribution < 1.29 is 19.4 Å². The Balaban J connectivity index is 2.36. The predicted octanol–water partition coefficient (Wildman–Crippen LogP) is 5.38. The van der Waals surface area contributed by atoms with Gasteiger partial charge in [-0.1, -0.05) is 37.6 Å². The number of carboxylic acid groups (broad SMARTS) is 1. The van der Waals surface area contributed by atoms with Crippen molar-refractivity contribution in [2.75, 3.05) is 5.75 Å². The molecule has 134 valence electrons. The number of aromatic hydroxyl groups is 1. The molecule has 0 spiro atoms. The molecule has 2 aromatic carbocycles. The molecule has 0 heterocycles. The van der Waals surface area contributed by atoms with Gasteiger partial charge in [0.05, 0.1) is 10.8 Å². The maximum atomic E-state index is 14.5. The van der Waals surface area contributed by atoms with Crippen LogP contribution in [0.15, 0.2) is 29.2 Å². The number of hydrogen-bond acceptors (Lipinski definition) is 3. The van der Waals surface area contributed by atoms with Crippen molar-refractivity contribution in [2.24, 2.45) is 0 Å². The first kappa shape index (κ1) is 19.6. The molecule has 0 fully saturated rings. The van der Waals surface area contributed by atoms with E-state index in [1.807, 2.05) is 26.8 Å². The number of halogens is 2. The molecule has 25 heavy (non-hydrogen) atoms. The lowest BCUT2D eigenvalue weighted by molar-refractivity contribution is -0.133. The normalized spacial score (nSPS) is 11.1. The number of phenols is 1. The summed E-state index contributed by atoms with van der Waals surface area (Å²) in [5.74, 6) is -1.40. The highest BCUT2D eigenvalue weighted by molar-refractivity contribution is 8.00. The van der Waals surface area contributed by atoms with Crippen LogP contribution < -0.4 is 0 Å². The highest BCUT2D eigenvalue weighted by Crippen LogP contribution is 2.34. The Labute approximate surface area is 155 Å². The number of thioether (sulfide) groups is 1. The molecule has 0 saturated heterocycles. The van der Waals surface area contributed by atoms with Crippen LogP contribution in [0.1, 0.15) is 42.0 Å². The number of carbonyl (C=O) groups is 1. The molecule has 0 atom stereocenters. The average Bonchev–Trinajstić information content (AvgIpc) is 2.54. The van der Waals surface area contributed by atoms with E-state index in [-0.39, 0.29) is 27.3 Å². The van der Waals surface area contributed by atoms with E-state index < -0.39 is 11.8 Å². The van der Waals surface area contributed by atoms with Gasteiger partial charge in [0.2, 0.25) is 0 Å². The van der Waals surface area contributed by atoms with Gasteiger partial charge >= 0.3 is 5.97 Å².